The summed E-state index contributed by atoms with van der Waals surface area (Å²) in [6.45, 7) is 0. The minimum absolute atomic E-state index is 0.0776. The van der Waals surface area contributed by atoms with Crippen LogP contribution in [0.5, 0.6) is 0 Å². The van der Waals surface area contributed by atoms with Crippen molar-refractivity contribution in [2.45, 2.75) is 42.2 Å². The van der Waals surface area contributed by atoms with Crippen LogP contribution in [0.25, 0.3) is 0 Å². The fourth-order valence-electron chi connectivity index (χ4n) is 2.35. The molecule has 1 saturated carbocycles. The number of benzene rings is 1. The topological polar surface area (TPSA) is 23.8 Å². The zero-order chi connectivity index (χ0) is 12.1. The molecule has 17 heavy (non-hydrogen) atoms. The Labute approximate surface area is 112 Å². The fourth-order valence-corrected chi connectivity index (χ4v) is 3.77. The smallest absolute Gasteiger partial charge is 0.0991 e. The van der Waals surface area contributed by atoms with Crippen LogP contribution in [0.3, 0.4) is 0 Å². The highest BCUT2D eigenvalue weighted by Gasteiger charge is 2.24. The van der Waals surface area contributed by atoms with Crippen molar-refractivity contribution in [1.82, 2.24) is 0 Å². The summed E-state index contributed by atoms with van der Waals surface area (Å²) in [5, 5.41) is 10.1. The maximum atomic E-state index is 9.31. The van der Waals surface area contributed by atoms with Crippen LogP contribution in [-0.4, -0.2) is 5.25 Å². The van der Waals surface area contributed by atoms with Gasteiger partial charge < -0.3 is 0 Å². The van der Waals surface area contributed by atoms with Crippen molar-refractivity contribution >= 4 is 23.4 Å². The van der Waals surface area contributed by atoms with Gasteiger partial charge in [-0.05, 0) is 37.0 Å². The summed E-state index contributed by atoms with van der Waals surface area (Å²) in [4.78, 5) is 1.11. The monoisotopic (exact) mass is 265 g/mol. The number of thioether (sulfide) groups is 1. The summed E-state index contributed by atoms with van der Waals surface area (Å²) in [6, 6.07) is 10.2. The third-order valence-electron chi connectivity index (χ3n) is 3.26. The molecule has 0 radical (unpaired) electrons. The van der Waals surface area contributed by atoms with Crippen LogP contribution >= 0.6 is 23.4 Å². The van der Waals surface area contributed by atoms with E-state index >= 15 is 0 Å². The molecule has 0 saturated heterocycles. The number of hydrogen-bond acceptors (Lipinski definition) is 2. The van der Waals surface area contributed by atoms with Gasteiger partial charge in [0.05, 0.1) is 11.3 Å². The van der Waals surface area contributed by atoms with Gasteiger partial charge in [0.25, 0.3) is 0 Å². The van der Waals surface area contributed by atoms with Crippen LogP contribution < -0.4 is 0 Å². The second-order valence-electron chi connectivity index (χ2n) is 4.52. The average molecular weight is 266 g/mol. The molecule has 0 amide bonds. The van der Waals surface area contributed by atoms with Crippen molar-refractivity contribution in [2.24, 2.45) is 5.92 Å². The lowest BCUT2D eigenvalue weighted by molar-refractivity contribution is 0.370. The Morgan fingerprint density at radius 2 is 2.06 bits per heavy atom. The van der Waals surface area contributed by atoms with Gasteiger partial charge in [0, 0.05) is 9.92 Å². The van der Waals surface area contributed by atoms with Crippen molar-refractivity contribution in [2.75, 3.05) is 0 Å². The Morgan fingerprint density at radius 3 is 2.71 bits per heavy atom. The molecule has 0 bridgehead atoms. The summed E-state index contributed by atoms with van der Waals surface area (Å²) in [7, 11) is 0. The highest BCUT2D eigenvalue weighted by atomic mass is 35.5. The minimum atomic E-state index is 0.0776. The van der Waals surface area contributed by atoms with Gasteiger partial charge in [0.1, 0.15) is 0 Å². The quantitative estimate of drug-likeness (QED) is 0.726. The van der Waals surface area contributed by atoms with Gasteiger partial charge in [-0.25, -0.2) is 0 Å². The van der Waals surface area contributed by atoms with Gasteiger partial charge in [0.15, 0.2) is 0 Å². The summed E-state index contributed by atoms with van der Waals surface area (Å²) < 4.78 is 0. The lowest BCUT2D eigenvalue weighted by atomic mass is 9.87. The lowest BCUT2D eigenvalue weighted by Crippen LogP contribution is -2.18. The molecular weight excluding hydrogens is 250 g/mol. The van der Waals surface area contributed by atoms with Crippen LogP contribution in [0.4, 0.5) is 0 Å². The Kier molecular flexibility index (Phi) is 4.76. The molecule has 3 heteroatoms. The van der Waals surface area contributed by atoms with Crippen molar-refractivity contribution in [3.8, 4) is 6.07 Å². The van der Waals surface area contributed by atoms with E-state index in [1.54, 1.807) is 11.8 Å². The molecule has 0 aromatic heterocycles. The Balaban J connectivity index is 2.02. The molecule has 1 aliphatic carbocycles. The number of nitriles is 1. The molecule has 2 rings (SSSR count). The van der Waals surface area contributed by atoms with E-state index in [4.69, 9.17) is 11.6 Å². The lowest BCUT2D eigenvalue weighted by Gasteiger charge is -2.25. The predicted molar refractivity (Wildman–Crippen MR) is 73.3 cm³/mol. The van der Waals surface area contributed by atoms with Crippen LogP contribution in [0.1, 0.15) is 32.1 Å². The first-order chi connectivity index (χ1) is 8.29. The molecular formula is C14H16ClNS. The van der Waals surface area contributed by atoms with E-state index in [1.807, 2.05) is 24.3 Å². The molecule has 90 valence electrons. The number of nitrogens with zero attached hydrogens (tertiary/aromatic N) is 1. The highest BCUT2D eigenvalue weighted by Crippen LogP contribution is 2.36. The molecule has 0 aliphatic heterocycles. The van der Waals surface area contributed by atoms with Crippen LogP contribution in [-0.2, 0) is 0 Å². The maximum Gasteiger partial charge on any atom is 0.0991 e. The molecule has 1 atom stereocenters. The first-order valence-corrected chi connectivity index (χ1v) is 7.37. The standard InChI is InChI=1S/C14H16ClNS/c15-12-7-4-8-13(9-12)17-14(10-16)11-5-2-1-3-6-11/h4,7-9,11,14H,1-3,5-6H2. The van der Waals surface area contributed by atoms with Gasteiger partial charge in [-0.1, -0.05) is 36.9 Å². The summed E-state index contributed by atoms with van der Waals surface area (Å²) >= 11 is 7.62. The average Bonchev–Trinajstić information content (AvgIpc) is 2.37. The normalized spacial score (nSPS) is 18.6. The number of halogens is 1. The van der Waals surface area contributed by atoms with E-state index in [9.17, 15) is 5.26 Å². The van der Waals surface area contributed by atoms with Crippen LogP contribution in [0, 0.1) is 17.2 Å². The molecule has 0 spiro atoms. The molecule has 1 aliphatic rings. The van der Waals surface area contributed by atoms with Crippen molar-refractivity contribution in [3.63, 3.8) is 0 Å². The third-order valence-corrected chi connectivity index (χ3v) is 4.77. The van der Waals surface area contributed by atoms with E-state index < -0.39 is 0 Å². The first kappa shape index (κ1) is 12.8. The molecule has 0 N–H and O–H groups in total. The van der Waals surface area contributed by atoms with Gasteiger partial charge in [-0.2, -0.15) is 5.26 Å². The van der Waals surface area contributed by atoms with E-state index in [-0.39, 0.29) is 5.25 Å². The second-order valence-corrected chi connectivity index (χ2v) is 6.17. The van der Waals surface area contributed by atoms with Crippen LogP contribution in [0.2, 0.25) is 5.02 Å². The van der Waals surface area contributed by atoms with E-state index in [2.05, 4.69) is 6.07 Å². The summed E-state index contributed by atoms with van der Waals surface area (Å²) in [5.41, 5.74) is 0. The highest BCUT2D eigenvalue weighted by molar-refractivity contribution is 8.00. The molecule has 1 fully saturated rings. The first-order valence-electron chi connectivity index (χ1n) is 6.11. The van der Waals surface area contributed by atoms with E-state index in [0.717, 1.165) is 9.92 Å². The van der Waals surface area contributed by atoms with E-state index in [1.165, 1.54) is 32.1 Å². The van der Waals surface area contributed by atoms with Gasteiger partial charge in [-0.15, -0.1) is 11.8 Å². The molecule has 1 aromatic carbocycles. The Bertz CT molecular complexity index is 407. The fraction of sp³-hybridized carbons (Fsp3) is 0.500. The number of rotatable bonds is 3. The Hall–Kier alpha value is -0.650. The molecule has 1 nitrogen and oxygen atoms in total. The summed E-state index contributed by atoms with van der Waals surface area (Å²) in [5.74, 6) is 0.553. The van der Waals surface area contributed by atoms with Crippen molar-refractivity contribution < 1.29 is 0 Å². The van der Waals surface area contributed by atoms with Crippen molar-refractivity contribution in [3.05, 3.63) is 29.3 Å². The zero-order valence-corrected chi connectivity index (χ0v) is 11.3. The number of hydrogen-bond donors (Lipinski definition) is 0. The van der Waals surface area contributed by atoms with Gasteiger partial charge in [-0.3, -0.25) is 0 Å². The molecule has 1 unspecified atom stereocenters. The van der Waals surface area contributed by atoms with Crippen LogP contribution in [0.15, 0.2) is 29.2 Å². The largest absolute Gasteiger partial charge is 0.197 e. The SMILES string of the molecule is N#CC(Sc1cccc(Cl)c1)C1CCCCC1. The molecule has 1 aromatic rings. The van der Waals surface area contributed by atoms with Crippen molar-refractivity contribution in [1.29, 1.82) is 5.26 Å². The summed E-state index contributed by atoms with van der Waals surface area (Å²) in [6.07, 6.45) is 6.28. The minimum Gasteiger partial charge on any atom is -0.197 e. The zero-order valence-electron chi connectivity index (χ0n) is 9.73. The maximum absolute atomic E-state index is 9.31. The van der Waals surface area contributed by atoms with Gasteiger partial charge in [0.2, 0.25) is 0 Å². The second kappa shape index (κ2) is 6.33. The predicted octanol–water partition coefficient (Wildman–Crippen LogP) is 4.90. The van der Waals surface area contributed by atoms with E-state index in [0.29, 0.717) is 5.92 Å². The molecule has 0 heterocycles. The third kappa shape index (κ3) is 3.66. The van der Waals surface area contributed by atoms with Gasteiger partial charge >= 0.3 is 0 Å². The Morgan fingerprint density at radius 1 is 1.29 bits per heavy atom.